The van der Waals surface area contributed by atoms with Crippen LogP contribution in [0.1, 0.15) is 18.9 Å². The van der Waals surface area contributed by atoms with E-state index in [0.717, 1.165) is 12.1 Å². The zero-order valence-corrected chi connectivity index (χ0v) is 12.4. The molecule has 0 fully saturated rings. The number of fused-ring (bicyclic) bond motifs is 1. The van der Waals surface area contributed by atoms with Crippen LogP contribution >= 0.6 is 0 Å². The largest absolute Gasteiger partial charge is 0.370 e. The third-order valence-corrected chi connectivity index (χ3v) is 5.28. The van der Waals surface area contributed by atoms with Gasteiger partial charge in [-0.3, -0.25) is 4.79 Å². The van der Waals surface area contributed by atoms with Crippen molar-refractivity contribution in [3.05, 3.63) is 29.8 Å². The van der Waals surface area contributed by atoms with E-state index in [1.54, 1.807) is 0 Å². The van der Waals surface area contributed by atoms with Crippen LogP contribution < -0.4 is 10.6 Å². The maximum atomic E-state index is 11.9. The Morgan fingerprint density at radius 1 is 1.35 bits per heavy atom. The highest BCUT2D eigenvalue weighted by Crippen LogP contribution is 2.31. The van der Waals surface area contributed by atoms with Crippen molar-refractivity contribution < 1.29 is 13.2 Å². The maximum absolute atomic E-state index is 11.9. The van der Waals surface area contributed by atoms with Crippen LogP contribution in [0.2, 0.25) is 0 Å². The number of carbonyl (C=O) groups excluding carboxylic acids is 1. The van der Waals surface area contributed by atoms with Crippen LogP contribution in [-0.2, 0) is 21.1 Å². The van der Waals surface area contributed by atoms with Crippen LogP contribution in [0.4, 0.5) is 5.69 Å². The molecule has 5 nitrogen and oxygen atoms in total. The topological polar surface area (TPSA) is 80.5 Å². The first-order chi connectivity index (χ1) is 9.39. The first-order valence-electron chi connectivity index (χ1n) is 6.72. The van der Waals surface area contributed by atoms with Gasteiger partial charge in [0.1, 0.15) is 0 Å². The predicted molar refractivity (Wildman–Crippen MR) is 79.4 cm³/mol. The number of para-hydroxylation sites is 1. The molecule has 110 valence electrons. The van der Waals surface area contributed by atoms with E-state index in [0.29, 0.717) is 12.6 Å². The van der Waals surface area contributed by atoms with Gasteiger partial charge in [-0.1, -0.05) is 18.2 Å². The number of benzene rings is 1. The van der Waals surface area contributed by atoms with Gasteiger partial charge < -0.3 is 10.6 Å². The second-order valence-electron chi connectivity index (χ2n) is 5.24. The van der Waals surface area contributed by atoms with Gasteiger partial charge in [-0.25, -0.2) is 8.42 Å². The second-order valence-corrected chi connectivity index (χ2v) is 7.55. The molecule has 1 amide bonds. The summed E-state index contributed by atoms with van der Waals surface area (Å²) in [6, 6.07) is 8.37. The molecule has 1 unspecified atom stereocenters. The van der Waals surface area contributed by atoms with Crippen LogP contribution in [0.3, 0.4) is 0 Å². The highest BCUT2D eigenvalue weighted by molar-refractivity contribution is 7.91. The van der Waals surface area contributed by atoms with Crippen molar-refractivity contribution in [3.8, 4) is 0 Å². The summed E-state index contributed by atoms with van der Waals surface area (Å²) < 4.78 is 23.8. The lowest BCUT2D eigenvalue weighted by Crippen LogP contribution is -2.34. The summed E-state index contributed by atoms with van der Waals surface area (Å²) >= 11 is 0. The standard InChI is InChI=1S/C14H20N2O3S/c1-11-10-12-4-2-3-5-13(12)16(11)7-9-20(18,19)8-6-14(15)17/h2-5,11H,6-10H2,1H3,(H2,15,17). The van der Waals surface area contributed by atoms with Crippen LogP contribution in [-0.4, -0.2) is 38.4 Å². The lowest BCUT2D eigenvalue weighted by atomic mass is 10.1. The van der Waals surface area contributed by atoms with Crippen molar-refractivity contribution in [2.75, 3.05) is 23.0 Å². The van der Waals surface area contributed by atoms with Gasteiger partial charge in [0.2, 0.25) is 5.91 Å². The number of hydrogen-bond acceptors (Lipinski definition) is 4. The highest BCUT2D eigenvalue weighted by Gasteiger charge is 2.26. The minimum absolute atomic E-state index is 0.0545. The van der Waals surface area contributed by atoms with Crippen LogP contribution in [0.15, 0.2) is 24.3 Å². The molecule has 20 heavy (non-hydrogen) atoms. The molecule has 1 atom stereocenters. The van der Waals surface area contributed by atoms with E-state index in [1.807, 2.05) is 18.2 Å². The van der Waals surface area contributed by atoms with Gasteiger partial charge in [0.15, 0.2) is 9.84 Å². The Kier molecular flexibility index (Phi) is 4.32. The SMILES string of the molecule is CC1Cc2ccccc2N1CCS(=O)(=O)CCC(N)=O. The van der Waals surface area contributed by atoms with Gasteiger partial charge in [0.05, 0.1) is 11.5 Å². The average Bonchev–Trinajstić information content (AvgIpc) is 2.70. The van der Waals surface area contributed by atoms with E-state index in [1.165, 1.54) is 5.56 Å². The third kappa shape index (κ3) is 3.50. The van der Waals surface area contributed by atoms with Crippen LogP contribution in [0.5, 0.6) is 0 Å². The molecule has 0 saturated heterocycles. The molecule has 1 aromatic rings. The number of carbonyl (C=O) groups is 1. The fraction of sp³-hybridized carbons (Fsp3) is 0.500. The number of hydrogen-bond donors (Lipinski definition) is 1. The van der Waals surface area contributed by atoms with E-state index in [-0.39, 0.29) is 17.9 Å². The Balaban J connectivity index is 1.99. The smallest absolute Gasteiger partial charge is 0.218 e. The molecule has 0 spiro atoms. The molecule has 0 radical (unpaired) electrons. The van der Waals surface area contributed by atoms with E-state index >= 15 is 0 Å². The number of nitrogens with zero attached hydrogens (tertiary/aromatic N) is 1. The van der Waals surface area contributed by atoms with E-state index in [9.17, 15) is 13.2 Å². The van der Waals surface area contributed by atoms with E-state index in [2.05, 4.69) is 17.9 Å². The molecule has 2 N–H and O–H groups in total. The Labute approximate surface area is 119 Å². The Hall–Kier alpha value is -1.56. The lowest BCUT2D eigenvalue weighted by Gasteiger charge is -2.24. The number of nitrogens with two attached hydrogens (primary N) is 1. The summed E-state index contributed by atoms with van der Waals surface area (Å²) in [5, 5.41) is 0. The number of rotatable bonds is 6. The van der Waals surface area contributed by atoms with Crippen molar-refractivity contribution in [1.29, 1.82) is 0 Å². The molecule has 0 bridgehead atoms. The zero-order valence-electron chi connectivity index (χ0n) is 11.6. The number of amides is 1. The molecule has 6 heteroatoms. The molecule has 0 aliphatic carbocycles. The highest BCUT2D eigenvalue weighted by atomic mass is 32.2. The molecular formula is C14H20N2O3S. The van der Waals surface area contributed by atoms with Crippen molar-refractivity contribution in [1.82, 2.24) is 0 Å². The summed E-state index contributed by atoms with van der Waals surface area (Å²) in [6.07, 6.45) is 0.839. The van der Waals surface area contributed by atoms with Gasteiger partial charge in [-0.15, -0.1) is 0 Å². The van der Waals surface area contributed by atoms with Gasteiger partial charge in [0.25, 0.3) is 0 Å². The first kappa shape index (κ1) is 14.8. The second kappa shape index (κ2) is 5.83. The molecule has 1 heterocycles. The monoisotopic (exact) mass is 296 g/mol. The molecule has 1 aliphatic heterocycles. The van der Waals surface area contributed by atoms with Crippen molar-refractivity contribution in [2.24, 2.45) is 5.73 Å². The minimum atomic E-state index is -3.23. The summed E-state index contributed by atoms with van der Waals surface area (Å²) in [7, 11) is -3.23. The summed E-state index contributed by atoms with van der Waals surface area (Å²) in [4.78, 5) is 12.8. The number of anilines is 1. The molecule has 1 aromatic carbocycles. The Morgan fingerprint density at radius 3 is 2.75 bits per heavy atom. The van der Waals surface area contributed by atoms with Crippen molar-refractivity contribution in [2.45, 2.75) is 25.8 Å². The normalized spacial score (nSPS) is 18.1. The molecule has 0 aromatic heterocycles. The van der Waals surface area contributed by atoms with E-state index < -0.39 is 15.7 Å². The van der Waals surface area contributed by atoms with Gasteiger partial charge >= 0.3 is 0 Å². The van der Waals surface area contributed by atoms with Gasteiger partial charge in [-0.05, 0) is 25.0 Å². The van der Waals surface area contributed by atoms with Crippen LogP contribution in [0.25, 0.3) is 0 Å². The number of primary amides is 1. The fourth-order valence-corrected chi connectivity index (χ4v) is 3.76. The van der Waals surface area contributed by atoms with Crippen LogP contribution in [0, 0.1) is 0 Å². The minimum Gasteiger partial charge on any atom is -0.370 e. The van der Waals surface area contributed by atoms with Gasteiger partial charge in [-0.2, -0.15) is 0 Å². The number of sulfone groups is 1. The van der Waals surface area contributed by atoms with Crippen molar-refractivity contribution >= 4 is 21.4 Å². The summed E-state index contributed by atoms with van der Waals surface area (Å²) in [5.41, 5.74) is 7.36. The first-order valence-corrected chi connectivity index (χ1v) is 8.54. The lowest BCUT2D eigenvalue weighted by molar-refractivity contribution is -0.117. The summed E-state index contributed by atoms with van der Waals surface area (Å²) in [5.74, 6) is -0.681. The maximum Gasteiger partial charge on any atom is 0.218 e. The molecule has 1 aliphatic rings. The zero-order chi connectivity index (χ0) is 14.8. The van der Waals surface area contributed by atoms with Crippen molar-refractivity contribution in [3.63, 3.8) is 0 Å². The summed E-state index contributed by atoms with van der Waals surface area (Å²) in [6.45, 7) is 2.55. The molecule has 2 rings (SSSR count). The predicted octanol–water partition coefficient (Wildman–Crippen LogP) is 0.728. The Bertz CT molecular complexity index is 598. The van der Waals surface area contributed by atoms with Gasteiger partial charge in [0, 0.05) is 24.7 Å². The average molecular weight is 296 g/mol. The van der Waals surface area contributed by atoms with E-state index in [4.69, 9.17) is 5.73 Å². The molecule has 0 saturated carbocycles. The quantitative estimate of drug-likeness (QED) is 0.839. The Morgan fingerprint density at radius 2 is 2.05 bits per heavy atom. The fourth-order valence-electron chi connectivity index (χ4n) is 2.57. The third-order valence-electron chi connectivity index (χ3n) is 3.65. The molecular weight excluding hydrogens is 276 g/mol.